The Morgan fingerprint density at radius 1 is 1.24 bits per heavy atom. The summed E-state index contributed by atoms with van der Waals surface area (Å²) in [6.07, 6.45) is 0.809. The smallest absolute Gasteiger partial charge is 0.267 e. The highest BCUT2D eigenvalue weighted by Crippen LogP contribution is 2.32. The number of aliphatic hydroxyl groups is 1. The highest BCUT2D eigenvalue weighted by Gasteiger charge is 2.20. The maximum atomic E-state index is 13.4. The van der Waals surface area contributed by atoms with Gasteiger partial charge in [-0.3, -0.25) is 9.97 Å². The Kier molecular flexibility index (Phi) is 6.06. The second-order valence-electron chi connectivity index (χ2n) is 7.03. The van der Waals surface area contributed by atoms with E-state index in [1.165, 1.54) is 12.3 Å². The molecule has 1 N–H and O–H groups in total. The van der Waals surface area contributed by atoms with E-state index >= 15 is 0 Å². The van der Waals surface area contributed by atoms with Crippen molar-refractivity contribution in [3.05, 3.63) is 41.9 Å². The molecule has 136 valence electrons. The number of pyridine rings is 2. The van der Waals surface area contributed by atoms with E-state index in [-0.39, 0.29) is 23.8 Å². The zero-order valence-electron chi connectivity index (χ0n) is 15.0. The molecule has 0 aromatic carbocycles. The summed E-state index contributed by atoms with van der Waals surface area (Å²) in [4.78, 5) is 8.35. The summed E-state index contributed by atoms with van der Waals surface area (Å²) in [6.45, 7) is 7.39. The van der Waals surface area contributed by atoms with Crippen molar-refractivity contribution in [2.24, 2.45) is 5.92 Å². The molecule has 25 heavy (non-hydrogen) atoms. The largest absolute Gasteiger partial charge is 0.491 e. The third-order valence-corrected chi connectivity index (χ3v) is 3.70. The van der Waals surface area contributed by atoms with Gasteiger partial charge in [0.25, 0.3) is 6.43 Å². The maximum absolute atomic E-state index is 13.4. The normalized spacial score (nSPS) is 13.1. The molecule has 0 fully saturated rings. The maximum Gasteiger partial charge on any atom is 0.267 e. The van der Waals surface area contributed by atoms with Crippen LogP contribution in [0, 0.1) is 12.8 Å². The molecule has 0 spiro atoms. The number of ether oxygens (including phenoxy) is 1. The van der Waals surface area contributed by atoms with E-state index in [4.69, 9.17) is 4.74 Å². The molecule has 4 nitrogen and oxygen atoms in total. The van der Waals surface area contributed by atoms with Gasteiger partial charge in [0.2, 0.25) is 0 Å². The summed E-state index contributed by atoms with van der Waals surface area (Å²) in [5, 5.41) is 9.82. The minimum atomic E-state index is -2.66. The van der Waals surface area contributed by atoms with Gasteiger partial charge in [0.05, 0.1) is 29.7 Å². The number of aromatic nitrogens is 2. The number of alkyl halides is 2. The summed E-state index contributed by atoms with van der Waals surface area (Å²) >= 11 is 0. The molecule has 0 aliphatic rings. The van der Waals surface area contributed by atoms with Crippen LogP contribution in [0.1, 0.15) is 44.9 Å². The Morgan fingerprint density at radius 2 is 1.96 bits per heavy atom. The molecule has 2 rings (SSSR count). The van der Waals surface area contributed by atoms with Crippen molar-refractivity contribution in [2.75, 3.05) is 6.61 Å². The zero-order valence-corrected chi connectivity index (χ0v) is 15.0. The summed E-state index contributed by atoms with van der Waals surface area (Å²) < 4.78 is 32.4. The number of hydrogen-bond donors (Lipinski definition) is 1. The van der Waals surface area contributed by atoms with Crippen LogP contribution in [0.5, 0.6) is 5.75 Å². The molecular weight excluding hydrogens is 326 g/mol. The number of rotatable bonds is 7. The minimum Gasteiger partial charge on any atom is -0.491 e. The zero-order chi connectivity index (χ0) is 18.6. The van der Waals surface area contributed by atoms with E-state index in [0.29, 0.717) is 12.1 Å². The Morgan fingerprint density at radius 3 is 2.56 bits per heavy atom. The quantitative estimate of drug-likeness (QED) is 0.795. The lowest BCUT2D eigenvalue weighted by Gasteiger charge is -2.22. The van der Waals surface area contributed by atoms with Crippen LogP contribution < -0.4 is 4.74 Å². The van der Waals surface area contributed by atoms with Crippen molar-refractivity contribution >= 4 is 0 Å². The number of halogens is 2. The summed E-state index contributed by atoms with van der Waals surface area (Å²) in [7, 11) is 0. The highest BCUT2D eigenvalue weighted by atomic mass is 19.3. The molecule has 0 aliphatic heterocycles. The van der Waals surface area contributed by atoms with Crippen LogP contribution in [0.2, 0.25) is 0 Å². The van der Waals surface area contributed by atoms with E-state index in [9.17, 15) is 13.9 Å². The van der Waals surface area contributed by atoms with Gasteiger partial charge in [-0.2, -0.15) is 0 Å². The van der Waals surface area contributed by atoms with Crippen LogP contribution in [0.25, 0.3) is 11.3 Å². The van der Waals surface area contributed by atoms with E-state index in [1.54, 1.807) is 32.2 Å². The molecule has 0 saturated heterocycles. The van der Waals surface area contributed by atoms with Crippen molar-refractivity contribution in [2.45, 2.75) is 46.1 Å². The Labute approximate surface area is 146 Å². The first-order valence-electron chi connectivity index (χ1n) is 8.22. The lowest BCUT2D eigenvalue weighted by Crippen LogP contribution is -2.25. The highest BCUT2D eigenvalue weighted by molar-refractivity contribution is 5.61. The van der Waals surface area contributed by atoms with E-state index < -0.39 is 12.0 Å². The van der Waals surface area contributed by atoms with Gasteiger partial charge in [-0.1, -0.05) is 6.92 Å². The van der Waals surface area contributed by atoms with Crippen molar-refractivity contribution in [1.29, 1.82) is 0 Å². The average Bonchev–Trinajstić information content (AvgIpc) is 2.51. The Balaban J connectivity index is 2.19. The van der Waals surface area contributed by atoms with Gasteiger partial charge in [0.1, 0.15) is 5.75 Å². The summed E-state index contributed by atoms with van der Waals surface area (Å²) in [5.74, 6) is 0.0974. The standard InChI is InChI=1S/C19H24F2N2O2/c1-12(9-19(3,4)24)11-25-17-10-23-16(8-15(17)18(20)21)14-5-6-22-13(2)7-14/h5-8,10,12,18,24H,9,11H2,1-4H3. The van der Waals surface area contributed by atoms with Crippen molar-refractivity contribution in [3.63, 3.8) is 0 Å². The summed E-state index contributed by atoms with van der Waals surface area (Å²) in [5.41, 5.74) is 0.970. The average molecular weight is 350 g/mol. The molecule has 2 heterocycles. The fourth-order valence-electron chi connectivity index (χ4n) is 2.76. The SMILES string of the molecule is Cc1cc(-c2cc(C(F)F)c(OCC(C)CC(C)(C)O)cn2)ccn1. The van der Waals surface area contributed by atoms with Gasteiger partial charge >= 0.3 is 0 Å². The fourth-order valence-corrected chi connectivity index (χ4v) is 2.76. The van der Waals surface area contributed by atoms with Gasteiger partial charge in [0.15, 0.2) is 0 Å². The number of nitrogens with zero attached hydrogens (tertiary/aromatic N) is 2. The third kappa shape index (κ3) is 5.74. The van der Waals surface area contributed by atoms with Crippen molar-refractivity contribution in [3.8, 4) is 17.0 Å². The minimum absolute atomic E-state index is 0.0213. The van der Waals surface area contributed by atoms with Crippen LogP contribution in [-0.4, -0.2) is 27.3 Å². The molecule has 0 radical (unpaired) electrons. The van der Waals surface area contributed by atoms with Gasteiger partial charge in [-0.15, -0.1) is 0 Å². The lowest BCUT2D eigenvalue weighted by molar-refractivity contribution is 0.0458. The van der Waals surface area contributed by atoms with E-state index in [2.05, 4.69) is 9.97 Å². The first kappa shape index (κ1) is 19.2. The van der Waals surface area contributed by atoms with Gasteiger partial charge < -0.3 is 9.84 Å². The van der Waals surface area contributed by atoms with Crippen LogP contribution in [0.4, 0.5) is 8.78 Å². The molecule has 0 saturated carbocycles. The van der Waals surface area contributed by atoms with Crippen LogP contribution in [-0.2, 0) is 0 Å². The number of hydrogen-bond acceptors (Lipinski definition) is 4. The third-order valence-electron chi connectivity index (χ3n) is 3.70. The van der Waals surface area contributed by atoms with Crippen LogP contribution in [0.15, 0.2) is 30.6 Å². The first-order valence-corrected chi connectivity index (χ1v) is 8.22. The van der Waals surface area contributed by atoms with Crippen molar-refractivity contribution < 1.29 is 18.6 Å². The Hall–Kier alpha value is -2.08. The molecule has 6 heteroatoms. The topological polar surface area (TPSA) is 55.2 Å². The predicted octanol–water partition coefficient (Wildman–Crippen LogP) is 4.57. The molecule has 1 atom stereocenters. The Bertz CT molecular complexity index is 715. The predicted molar refractivity (Wildman–Crippen MR) is 92.7 cm³/mol. The van der Waals surface area contributed by atoms with Gasteiger partial charge in [-0.05, 0) is 51.3 Å². The monoisotopic (exact) mass is 350 g/mol. The van der Waals surface area contributed by atoms with Crippen LogP contribution >= 0.6 is 0 Å². The van der Waals surface area contributed by atoms with Crippen LogP contribution in [0.3, 0.4) is 0 Å². The lowest BCUT2D eigenvalue weighted by atomic mass is 9.96. The summed E-state index contributed by atoms with van der Waals surface area (Å²) in [6, 6.07) is 4.88. The molecule has 0 aliphatic carbocycles. The molecule has 2 aromatic rings. The van der Waals surface area contributed by atoms with Crippen molar-refractivity contribution in [1.82, 2.24) is 9.97 Å². The van der Waals surface area contributed by atoms with E-state index in [1.807, 2.05) is 13.8 Å². The fraction of sp³-hybridized carbons (Fsp3) is 0.474. The second-order valence-corrected chi connectivity index (χ2v) is 7.03. The molecule has 1 unspecified atom stereocenters. The van der Waals surface area contributed by atoms with E-state index in [0.717, 1.165) is 11.3 Å². The first-order chi connectivity index (χ1) is 11.7. The molecule has 2 aromatic heterocycles. The van der Waals surface area contributed by atoms with Gasteiger partial charge in [0, 0.05) is 17.5 Å². The van der Waals surface area contributed by atoms with Gasteiger partial charge in [-0.25, -0.2) is 8.78 Å². The molecule has 0 amide bonds. The number of aryl methyl sites for hydroxylation is 1. The molecular formula is C19H24F2N2O2. The second kappa shape index (κ2) is 7.87. The molecule has 0 bridgehead atoms.